The smallest absolute Gasteiger partial charge is 0.131 e. The minimum Gasteiger partial charge on any atom is -0.306 e. The van der Waals surface area contributed by atoms with E-state index in [1.165, 1.54) is 25.9 Å². The molecule has 76 valence electrons. The van der Waals surface area contributed by atoms with Gasteiger partial charge < -0.3 is 4.90 Å². The van der Waals surface area contributed by atoms with Crippen molar-refractivity contribution in [3.05, 3.63) is 23.8 Å². The highest BCUT2D eigenvalue weighted by Crippen LogP contribution is 2.24. The van der Waals surface area contributed by atoms with Gasteiger partial charge in [0, 0.05) is 18.3 Å². The number of hydrogen-bond acceptors (Lipinski definition) is 3. The van der Waals surface area contributed by atoms with Crippen LogP contribution in [0.15, 0.2) is 12.4 Å². The van der Waals surface area contributed by atoms with Crippen LogP contribution >= 0.6 is 0 Å². The Bertz CT molecular complexity index is 286. The molecule has 0 saturated carbocycles. The first kappa shape index (κ1) is 9.59. The maximum Gasteiger partial charge on any atom is 0.131 e. The quantitative estimate of drug-likeness (QED) is 0.675. The van der Waals surface area contributed by atoms with Crippen molar-refractivity contribution in [1.82, 2.24) is 14.9 Å². The number of likely N-dealkylation sites (tertiary alicyclic amines) is 1. The fourth-order valence-corrected chi connectivity index (χ4v) is 1.88. The third-order valence-electron chi connectivity index (χ3n) is 2.88. The second-order valence-electron chi connectivity index (χ2n) is 4.20. The second kappa shape index (κ2) is 4.05. The fourth-order valence-electron chi connectivity index (χ4n) is 1.88. The van der Waals surface area contributed by atoms with E-state index in [1.807, 2.05) is 19.3 Å². The summed E-state index contributed by atoms with van der Waals surface area (Å²) >= 11 is 0. The summed E-state index contributed by atoms with van der Waals surface area (Å²) in [6.07, 6.45) is 6.22. The molecule has 0 aromatic carbocycles. The Morgan fingerprint density at radius 3 is 2.36 bits per heavy atom. The first-order chi connectivity index (χ1) is 6.75. The molecule has 0 radical (unpaired) electrons. The molecule has 1 aliphatic heterocycles. The van der Waals surface area contributed by atoms with Gasteiger partial charge in [-0.1, -0.05) is 0 Å². The summed E-state index contributed by atoms with van der Waals surface area (Å²) in [5.41, 5.74) is 1.14. The molecule has 2 rings (SSSR count). The number of nitrogens with zero attached hydrogens (tertiary/aromatic N) is 3. The summed E-state index contributed by atoms with van der Waals surface area (Å²) in [5.74, 6) is 1.61. The molecule has 3 nitrogen and oxygen atoms in total. The van der Waals surface area contributed by atoms with Crippen LogP contribution in [-0.2, 0) is 0 Å². The van der Waals surface area contributed by atoms with Crippen LogP contribution in [0.2, 0.25) is 0 Å². The van der Waals surface area contributed by atoms with Crippen molar-refractivity contribution >= 4 is 0 Å². The molecule has 2 heterocycles. The average molecular weight is 191 g/mol. The summed E-state index contributed by atoms with van der Waals surface area (Å²) in [5, 5.41) is 0. The molecular formula is C11H17N3. The van der Waals surface area contributed by atoms with E-state index in [0.717, 1.165) is 11.4 Å². The van der Waals surface area contributed by atoms with E-state index in [9.17, 15) is 0 Å². The summed E-state index contributed by atoms with van der Waals surface area (Å²) in [6, 6.07) is 0. The third-order valence-corrected chi connectivity index (χ3v) is 2.88. The van der Waals surface area contributed by atoms with Gasteiger partial charge in [0.15, 0.2) is 0 Å². The van der Waals surface area contributed by atoms with Gasteiger partial charge in [0.05, 0.1) is 0 Å². The predicted octanol–water partition coefficient (Wildman–Crippen LogP) is 1.59. The van der Waals surface area contributed by atoms with Gasteiger partial charge >= 0.3 is 0 Å². The first-order valence-electron chi connectivity index (χ1n) is 5.23. The lowest BCUT2D eigenvalue weighted by atomic mass is 9.96. The van der Waals surface area contributed by atoms with Gasteiger partial charge in [0.2, 0.25) is 0 Å². The topological polar surface area (TPSA) is 29.0 Å². The van der Waals surface area contributed by atoms with Crippen molar-refractivity contribution in [2.75, 3.05) is 20.1 Å². The van der Waals surface area contributed by atoms with Crippen molar-refractivity contribution in [3.63, 3.8) is 0 Å². The lowest BCUT2D eigenvalue weighted by molar-refractivity contribution is 0.251. The molecule has 0 bridgehead atoms. The van der Waals surface area contributed by atoms with E-state index in [0.29, 0.717) is 5.92 Å². The average Bonchev–Trinajstić information content (AvgIpc) is 2.21. The number of aromatic nitrogens is 2. The molecule has 1 aromatic heterocycles. The van der Waals surface area contributed by atoms with Crippen molar-refractivity contribution in [3.8, 4) is 0 Å². The second-order valence-corrected chi connectivity index (χ2v) is 4.20. The van der Waals surface area contributed by atoms with E-state index < -0.39 is 0 Å². The van der Waals surface area contributed by atoms with Crippen molar-refractivity contribution in [1.29, 1.82) is 0 Å². The zero-order valence-electron chi connectivity index (χ0n) is 8.90. The maximum atomic E-state index is 4.40. The van der Waals surface area contributed by atoms with Crippen molar-refractivity contribution < 1.29 is 0 Å². The summed E-state index contributed by atoms with van der Waals surface area (Å²) < 4.78 is 0. The van der Waals surface area contributed by atoms with Crippen molar-refractivity contribution in [2.45, 2.75) is 25.7 Å². The molecule has 1 aromatic rings. The Kier molecular flexibility index (Phi) is 2.77. The number of piperidine rings is 1. The van der Waals surface area contributed by atoms with E-state index >= 15 is 0 Å². The monoisotopic (exact) mass is 191 g/mol. The van der Waals surface area contributed by atoms with Gasteiger partial charge in [-0.15, -0.1) is 0 Å². The Balaban J connectivity index is 2.05. The highest BCUT2D eigenvalue weighted by atomic mass is 15.1. The molecule has 0 unspecified atom stereocenters. The Labute approximate surface area is 85.2 Å². The predicted molar refractivity (Wildman–Crippen MR) is 56.2 cm³/mol. The highest BCUT2D eigenvalue weighted by molar-refractivity contribution is 5.05. The van der Waals surface area contributed by atoms with Gasteiger partial charge in [-0.05, 0) is 45.5 Å². The minimum atomic E-state index is 0.576. The molecule has 0 amide bonds. The Hall–Kier alpha value is -0.960. The molecule has 0 N–H and O–H groups in total. The number of hydrogen-bond donors (Lipinski definition) is 0. The molecule has 1 fully saturated rings. The normalized spacial score (nSPS) is 19.9. The van der Waals surface area contributed by atoms with Gasteiger partial charge in [-0.25, -0.2) is 9.97 Å². The van der Waals surface area contributed by atoms with Gasteiger partial charge in [-0.3, -0.25) is 0 Å². The SMILES string of the molecule is Cc1cnc(C2CCN(C)CC2)nc1. The van der Waals surface area contributed by atoms with Gasteiger partial charge in [0.1, 0.15) is 5.82 Å². The molecule has 1 saturated heterocycles. The van der Waals surface area contributed by atoms with E-state index in [-0.39, 0.29) is 0 Å². The number of aryl methyl sites for hydroxylation is 1. The van der Waals surface area contributed by atoms with Crippen LogP contribution in [0.1, 0.15) is 30.1 Å². The zero-order chi connectivity index (χ0) is 9.97. The molecule has 1 aliphatic rings. The third kappa shape index (κ3) is 2.10. The maximum absolute atomic E-state index is 4.40. The van der Waals surface area contributed by atoms with Crippen LogP contribution < -0.4 is 0 Å². The van der Waals surface area contributed by atoms with E-state index in [4.69, 9.17) is 0 Å². The molecule has 0 aliphatic carbocycles. The van der Waals surface area contributed by atoms with E-state index in [1.54, 1.807) is 0 Å². The lowest BCUT2D eigenvalue weighted by Gasteiger charge is -2.27. The minimum absolute atomic E-state index is 0.576. The van der Waals surface area contributed by atoms with Crippen LogP contribution in [0.3, 0.4) is 0 Å². The zero-order valence-corrected chi connectivity index (χ0v) is 8.90. The highest BCUT2D eigenvalue weighted by Gasteiger charge is 2.19. The van der Waals surface area contributed by atoms with Gasteiger partial charge in [-0.2, -0.15) is 0 Å². The first-order valence-corrected chi connectivity index (χ1v) is 5.23. The fraction of sp³-hybridized carbons (Fsp3) is 0.636. The Morgan fingerprint density at radius 2 is 1.79 bits per heavy atom. The summed E-state index contributed by atoms with van der Waals surface area (Å²) in [6.45, 7) is 4.36. The van der Waals surface area contributed by atoms with E-state index in [2.05, 4.69) is 21.9 Å². The molecule has 14 heavy (non-hydrogen) atoms. The van der Waals surface area contributed by atoms with Crippen LogP contribution in [0, 0.1) is 6.92 Å². The lowest BCUT2D eigenvalue weighted by Crippen LogP contribution is -2.29. The number of rotatable bonds is 1. The molecule has 0 atom stereocenters. The van der Waals surface area contributed by atoms with Crippen LogP contribution in [0.4, 0.5) is 0 Å². The largest absolute Gasteiger partial charge is 0.306 e. The van der Waals surface area contributed by atoms with Crippen LogP contribution in [0.5, 0.6) is 0 Å². The van der Waals surface area contributed by atoms with Crippen molar-refractivity contribution in [2.24, 2.45) is 0 Å². The Morgan fingerprint density at radius 1 is 1.21 bits per heavy atom. The molecular weight excluding hydrogens is 174 g/mol. The van der Waals surface area contributed by atoms with Gasteiger partial charge in [0.25, 0.3) is 0 Å². The van der Waals surface area contributed by atoms with Crippen LogP contribution in [-0.4, -0.2) is 35.0 Å². The summed E-state index contributed by atoms with van der Waals surface area (Å²) in [7, 11) is 2.17. The molecule has 3 heteroatoms. The standard InChI is InChI=1S/C11H17N3/c1-9-7-12-11(13-8-9)10-3-5-14(2)6-4-10/h7-8,10H,3-6H2,1-2H3. The molecule has 0 spiro atoms. The summed E-state index contributed by atoms with van der Waals surface area (Å²) in [4.78, 5) is 11.2. The van der Waals surface area contributed by atoms with Crippen LogP contribution in [0.25, 0.3) is 0 Å².